The monoisotopic (exact) mass is 449 g/mol. The van der Waals surface area contributed by atoms with Crippen LogP contribution in [0.25, 0.3) is 0 Å². The molecule has 0 aromatic heterocycles. The van der Waals surface area contributed by atoms with Crippen LogP contribution in [0.2, 0.25) is 5.02 Å². The van der Waals surface area contributed by atoms with Gasteiger partial charge in [-0.15, -0.1) is 0 Å². The Morgan fingerprint density at radius 3 is 2.16 bits per heavy atom. The summed E-state index contributed by atoms with van der Waals surface area (Å²) in [6.07, 6.45) is 4.39. The first kappa shape index (κ1) is 24.7. The maximum atomic E-state index is 10.2. The summed E-state index contributed by atoms with van der Waals surface area (Å²) < 4.78 is 5.61. The first-order chi connectivity index (χ1) is 14.8. The molecule has 2 aromatic rings. The Morgan fingerprint density at radius 1 is 1.00 bits per heavy atom. The number of carboxylic acids is 2. The maximum absolute atomic E-state index is 10.2. The fourth-order valence-corrected chi connectivity index (χ4v) is 3.89. The first-order valence-corrected chi connectivity index (χ1v) is 10.5. The normalized spacial score (nSPS) is 15.4. The van der Waals surface area contributed by atoms with Crippen LogP contribution in [0.5, 0.6) is 5.75 Å². The number of aliphatic hydroxyl groups excluding tert-OH is 1. The molecule has 7 nitrogen and oxygen atoms in total. The molecule has 3 rings (SSSR count). The Hall–Kier alpha value is -2.61. The number of rotatable bonds is 8. The number of carbonyl (C=O) groups is 2. The predicted octanol–water partition coefficient (Wildman–Crippen LogP) is 3.34. The quantitative estimate of drug-likeness (QED) is 0.457. The average Bonchev–Trinajstić information content (AvgIpc) is 3.24. The summed E-state index contributed by atoms with van der Waals surface area (Å²) in [7, 11) is 0. The van der Waals surface area contributed by atoms with E-state index in [0.29, 0.717) is 17.3 Å². The van der Waals surface area contributed by atoms with Crippen molar-refractivity contribution in [3.05, 3.63) is 65.2 Å². The van der Waals surface area contributed by atoms with Gasteiger partial charge in [0.05, 0.1) is 5.02 Å². The summed E-state index contributed by atoms with van der Waals surface area (Å²) in [5.74, 6) is -3.04. The lowest BCUT2D eigenvalue weighted by atomic mass is 9.79. The van der Waals surface area contributed by atoms with Crippen LogP contribution in [0.4, 0.5) is 0 Å². The summed E-state index contributed by atoms with van der Waals surface area (Å²) in [5, 5.41) is 29.0. The minimum atomic E-state index is -1.82. The molecule has 0 saturated heterocycles. The zero-order valence-electron chi connectivity index (χ0n) is 17.2. The van der Waals surface area contributed by atoms with E-state index in [4.69, 9.17) is 36.1 Å². The van der Waals surface area contributed by atoms with Crippen molar-refractivity contribution in [1.29, 1.82) is 0 Å². The smallest absolute Gasteiger partial charge is 0.414 e. The van der Waals surface area contributed by atoms with Crippen LogP contribution in [0.3, 0.4) is 0 Å². The van der Waals surface area contributed by atoms with Crippen LogP contribution in [0.1, 0.15) is 31.2 Å². The first-order valence-electron chi connectivity index (χ1n) is 10.1. The van der Waals surface area contributed by atoms with Gasteiger partial charge in [0.2, 0.25) is 0 Å². The largest absolute Gasteiger partial charge is 0.489 e. The molecular weight excluding hydrogens is 422 g/mol. The number of carboxylic acid groups (broad SMARTS) is 2. The number of ether oxygens (including phenoxy) is 1. The van der Waals surface area contributed by atoms with Gasteiger partial charge in [0.1, 0.15) is 18.5 Å². The van der Waals surface area contributed by atoms with Crippen LogP contribution in [0.15, 0.2) is 54.6 Å². The molecule has 2 aromatic carbocycles. The molecule has 0 amide bonds. The Morgan fingerprint density at radius 2 is 1.58 bits per heavy atom. The number of nitrogens with one attached hydrogen (secondary N) is 1. The minimum Gasteiger partial charge on any atom is -0.489 e. The Kier molecular flexibility index (Phi) is 9.78. The summed E-state index contributed by atoms with van der Waals surface area (Å²) >= 11 is 6.06. The van der Waals surface area contributed by atoms with E-state index in [0.717, 1.165) is 6.54 Å². The molecule has 1 unspecified atom stereocenters. The number of halogens is 1. The fourth-order valence-electron chi connectivity index (χ4n) is 3.70. The molecule has 1 fully saturated rings. The fraction of sp³-hybridized carbons (Fsp3) is 0.391. The third-order valence-electron chi connectivity index (χ3n) is 5.24. The van der Waals surface area contributed by atoms with Gasteiger partial charge in [-0.3, -0.25) is 0 Å². The topological polar surface area (TPSA) is 116 Å². The molecule has 8 heteroatoms. The third kappa shape index (κ3) is 7.86. The van der Waals surface area contributed by atoms with Crippen molar-refractivity contribution in [3.63, 3.8) is 0 Å². The van der Waals surface area contributed by atoms with E-state index in [1.165, 1.54) is 31.2 Å². The lowest BCUT2D eigenvalue weighted by Crippen LogP contribution is -2.40. The number of hydrogen-bond donors (Lipinski definition) is 4. The van der Waals surface area contributed by atoms with Gasteiger partial charge in [0, 0.05) is 18.5 Å². The van der Waals surface area contributed by atoms with Gasteiger partial charge in [0.25, 0.3) is 0 Å². The van der Waals surface area contributed by atoms with E-state index < -0.39 is 18.0 Å². The van der Waals surface area contributed by atoms with Crippen molar-refractivity contribution in [3.8, 4) is 5.75 Å². The van der Waals surface area contributed by atoms with Crippen LogP contribution in [0, 0.1) is 0 Å². The van der Waals surface area contributed by atoms with Crippen molar-refractivity contribution in [2.75, 3.05) is 19.7 Å². The lowest BCUT2D eigenvalue weighted by Gasteiger charge is -2.30. The highest BCUT2D eigenvalue weighted by Crippen LogP contribution is 2.40. The van der Waals surface area contributed by atoms with Crippen molar-refractivity contribution in [1.82, 2.24) is 5.32 Å². The number of benzene rings is 2. The molecule has 1 saturated carbocycles. The average molecular weight is 450 g/mol. The van der Waals surface area contributed by atoms with Crippen molar-refractivity contribution >= 4 is 23.5 Å². The Labute approximate surface area is 186 Å². The third-order valence-corrected chi connectivity index (χ3v) is 5.55. The van der Waals surface area contributed by atoms with Crippen molar-refractivity contribution in [2.45, 2.75) is 37.2 Å². The highest BCUT2D eigenvalue weighted by Gasteiger charge is 2.35. The van der Waals surface area contributed by atoms with E-state index in [2.05, 4.69) is 35.6 Å². The van der Waals surface area contributed by atoms with Gasteiger partial charge in [0.15, 0.2) is 0 Å². The van der Waals surface area contributed by atoms with Crippen LogP contribution in [-0.4, -0.2) is 53.1 Å². The summed E-state index contributed by atoms with van der Waals surface area (Å²) in [5.41, 5.74) is 1.60. The van der Waals surface area contributed by atoms with E-state index in [-0.39, 0.29) is 12.0 Å². The number of hydrogen-bond acceptors (Lipinski definition) is 5. The second-order valence-corrected chi connectivity index (χ2v) is 7.90. The van der Waals surface area contributed by atoms with Crippen LogP contribution in [-0.2, 0) is 15.0 Å². The molecule has 1 aliphatic rings. The van der Waals surface area contributed by atoms with Gasteiger partial charge in [-0.05, 0) is 30.5 Å². The Bertz CT molecular complexity index is 827. The van der Waals surface area contributed by atoms with E-state index in [1.54, 1.807) is 6.07 Å². The Balaban J connectivity index is 0.000000501. The molecule has 0 spiro atoms. The van der Waals surface area contributed by atoms with Gasteiger partial charge in [-0.1, -0.05) is 66.9 Å². The molecule has 0 heterocycles. The second-order valence-electron chi connectivity index (χ2n) is 7.49. The van der Waals surface area contributed by atoms with E-state index in [9.17, 15) is 5.11 Å². The van der Waals surface area contributed by atoms with E-state index >= 15 is 0 Å². The zero-order valence-corrected chi connectivity index (χ0v) is 17.9. The summed E-state index contributed by atoms with van der Waals surface area (Å²) in [6, 6.07) is 18.1. The van der Waals surface area contributed by atoms with Gasteiger partial charge in [-0.25, -0.2) is 9.59 Å². The number of para-hydroxylation sites is 1. The molecule has 0 aliphatic heterocycles. The van der Waals surface area contributed by atoms with Gasteiger partial charge in [-0.2, -0.15) is 0 Å². The van der Waals surface area contributed by atoms with E-state index in [1.807, 2.05) is 18.2 Å². The molecule has 168 valence electrons. The standard InChI is InChI=1S/C21H26ClNO2.C2H2O4/c22-19-10-4-5-11-20(19)25-15-18(24)14-23-16-21(12-6-7-13-21)17-8-2-1-3-9-17;3-1(4)2(5)6/h1-5,8-11,18,23-24H,6-7,12-16H2;(H,3,4)(H,5,6). The maximum Gasteiger partial charge on any atom is 0.414 e. The zero-order chi connectivity index (χ0) is 22.7. The second kappa shape index (κ2) is 12.3. The molecule has 4 N–H and O–H groups in total. The SMILES string of the molecule is O=C(O)C(=O)O.OC(CNCC1(c2ccccc2)CCCC1)COc1ccccc1Cl. The summed E-state index contributed by atoms with van der Waals surface area (Å²) in [4.78, 5) is 18.2. The van der Waals surface area contributed by atoms with Crippen LogP contribution >= 0.6 is 11.6 Å². The molecule has 31 heavy (non-hydrogen) atoms. The number of aliphatic hydroxyl groups is 1. The minimum absolute atomic E-state index is 0.199. The molecular formula is C23H28ClNO6. The van der Waals surface area contributed by atoms with Crippen LogP contribution < -0.4 is 10.1 Å². The molecule has 1 atom stereocenters. The molecule has 0 radical (unpaired) electrons. The van der Waals surface area contributed by atoms with Gasteiger partial charge >= 0.3 is 11.9 Å². The number of aliphatic carboxylic acids is 2. The predicted molar refractivity (Wildman–Crippen MR) is 118 cm³/mol. The van der Waals surface area contributed by atoms with Crippen molar-refractivity contribution in [2.24, 2.45) is 0 Å². The van der Waals surface area contributed by atoms with Crippen molar-refractivity contribution < 1.29 is 29.6 Å². The van der Waals surface area contributed by atoms with Gasteiger partial charge < -0.3 is 25.4 Å². The molecule has 0 bridgehead atoms. The highest BCUT2D eigenvalue weighted by molar-refractivity contribution is 6.32. The summed E-state index contributed by atoms with van der Waals surface area (Å²) in [6.45, 7) is 1.63. The molecule has 1 aliphatic carbocycles. The highest BCUT2D eigenvalue weighted by atomic mass is 35.5. The lowest BCUT2D eigenvalue weighted by molar-refractivity contribution is -0.159.